The molecule has 1 aliphatic rings. The van der Waals surface area contributed by atoms with E-state index in [1.54, 1.807) is 0 Å². The second kappa shape index (κ2) is 7.35. The molecule has 160 valence electrons. The molecule has 0 aliphatic carbocycles. The van der Waals surface area contributed by atoms with E-state index >= 15 is 0 Å². The van der Waals surface area contributed by atoms with Gasteiger partial charge in [-0.05, 0) is 74.8 Å². The summed E-state index contributed by atoms with van der Waals surface area (Å²) in [6.45, 7) is 4.21. The first-order valence-corrected chi connectivity index (χ1v) is 11.4. The van der Waals surface area contributed by atoms with Crippen LogP contribution in [0, 0.1) is 6.92 Å². The van der Waals surface area contributed by atoms with Crippen molar-refractivity contribution in [1.29, 1.82) is 0 Å². The van der Waals surface area contributed by atoms with E-state index in [0.29, 0.717) is 0 Å². The summed E-state index contributed by atoms with van der Waals surface area (Å²) in [4.78, 5) is 7.13. The van der Waals surface area contributed by atoms with Crippen LogP contribution in [-0.2, 0) is 20.0 Å². The summed E-state index contributed by atoms with van der Waals surface area (Å²) in [5, 5.41) is 2.62. The molecule has 4 heteroatoms. The van der Waals surface area contributed by atoms with Gasteiger partial charge in [-0.2, -0.15) is 0 Å². The molecule has 5 aromatic rings. The fraction of sp³-hybridized carbons (Fsp3) is 0.250. The molecule has 0 fully saturated rings. The van der Waals surface area contributed by atoms with Crippen LogP contribution in [0.25, 0.3) is 38.6 Å². The summed E-state index contributed by atoms with van der Waals surface area (Å²) in [7, 11) is 4.33. The summed E-state index contributed by atoms with van der Waals surface area (Å²) in [6.07, 6.45) is 6.45. The summed E-state index contributed by atoms with van der Waals surface area (Å²) in [5.41, 5.74) is 10.2. The molecule has 1 aliphatic heterocycles. The average Bonchev–Trinajstić information content (AvgIpc) is 3.23. The van der Waals surface area contributed by atoms with E-state index in [9.17, 15) is 0 Å². The van der Waals surface area contributed by atoms with Gasteiger partial charge in [0.15, 0.2) is 0 Å². The number of aromatic nitrogens is 3. The Balaban J connectivity index is 1.63. The number of fused-ring (bicyclic) bond motifs is 4. The average molecular weight is 421 g/mol. The molecule has 0 bridgehead atoms. The molecule has 0 amide bonds. The van der Waals surface area contributed by atoms with Crippen LogP contribution >= 0.6 is 0 Å². The van der Waals surface area contributed by atoms with Gasteiger partial charge in [0.1, 0.15) is 0 Å². The Labute approximate surface area is 188 Å². The van der Waals surface area contributed by atoms with Crippen molar-refractivity contribution in [3.63, 3.8) is 0 Å². The molecule has 32 heavy (non-hydrogen) atoms. The van der Waals surface area contributed by atoms with Gasteiger partial charge < -0.3 is 14.0 Å². The second-order valence-electron chi connectivity index (χ2n) is 9.16. The summed E-state index contributed by atoms with van der Waals surface area (Å²) in [6, 6.07) is 20.1. The largest absolute Gasteiger partial charge is 0.351 e. The van der Waals surface area contributed by atoms with Crippen LogP contribution in [-0.4, -0.2) is 32.6 Å². The lowest BCUT2D eigenvalue weighted by molar-refractivity contribution is 0.333. The van der Waals surface area contributed by atoms with E-state index in [4.69, 9.17) is 0 Å². The highest BCUT2D eigenvalue weighted by atomic mass is 15.1. The maximum atomic E-state index is 4.69. The predicted octanol–water partition coefficient (Wildman–Crippen LogP) is 5.87. The van der Waals surface area contributed by atoms with Gasteiger partial charge >= 0.3 is 0 Å². The number of benzene rings is 2. The van der Waals surface area contributed by atoms with E-state index < -0.39 is 0 Å². The second-order valence-corrected chi connectivity index (χ2v) is 9.16. The standard InChI is InChI=1S/C28H28N4/c1-19-15-23-24-18-30(2)13-6-9-27(24)32(28(23)17-29-19)26-8-5-4-7-22(26)20-10-11-25-21(16-20)12-14-31(25)3/h4-5,7-8,10-12,14-17H,6,9,13,18H2,1-3H3. The normalized spacial score (nSPS) is 14.7. The van der Waals surface area contributed by atoms with Gasteiger partial charge in [0, 0.05) is 53.0 Å². The van der Waals surface area contributed by atoms with Crippen molar-refractivity contribution in [3.8, 4) is 16.8 Å². The van der Waals surface area contributed by atoms with Crippen LogP contribution in [0.2, 0.25) is 0 Å². The van der Waals surface area contributed by atoms with Crippen LogP contribution in [0.5, 0.6) is 0 Å². The number of pyridine rings is 1. The van der Waals surface area contributed by atoms with Crippen molar-refractivity contribution in [2.24, 2.45) is 7.05 Å². The summed E-state index contributed by atoms with van der Waals surface area (Å²) in [5.74, 6) is 0. The molecule has 0 spiro atoms. The minimum atomic E-state index is 0.987. The lowest BCUT2D eigenvalue weighted by Gasteiger charge is -2.16. The summed E-state index contributed by atoms with van der Waals surface area (Å²) >= 11 is 0. The first-order chi connectivity index (χ1) is 15.6. The fourth-order valence-corrected chi connectivity index (χ4v) is 5.35. The van der Waals surface area contributed by atoms with Gasteiger partial charge in [0.2, 0.25) is 0 Å². The monoisotopic (exact) mass is 420 g/mol. The Morgan fingerprint density at radius 1 is 0.938 bits per heavy atom. The molecule has 4 nitrogen and oxygen atoms in total. The van der Waals surface area contributed by atoms with E-state index in [1.807, 2.05) is 0 Å². The Morgan fingerprint density at radius 2 is 1.81 bits per heavy atom. The molecule has 6 rings (SSSR count). The van der Waals surface area contributed by atoms with Crippen LogP contribution < -0.4 is 0 Å². The maximum Gasteiger partial charge on any atom is 0.0718 e. The van der Waals surface area contributed by atoms with E-state index in [1.165, 1.54) is 56.3 Å². The molecule has 0 radical (unpaired) electrons. The third kappa shape index (κ3) is 2.98. The lowest BCUT2D eigenvalue weighted by Crippen LogP contribution is -2.17. The molecular weight excluding hydrogens is 392 g/mol. The molecule has 0 atom stereocenters. The quantitative estimate of drug-likeness (QED) is 0.357. The van der Waals surface area contributed by atoms with Crippen molar-refractivity contribution in [2.75, 3.05) is 13.6 Å². The Morgan fingerprint density at radius 3 is 2.72 bits per heavy atom. The number of nitrogens with zero attached hydrogens (tertiary/aromatic N) is 4. The van der Waals surface area contributed by atoms with Gasteiger partial charge in [-0.25, -0.2) is 0 Å². The van der Waals surface area contributed by atoms with Crippen molar-refractivity contribution >= 4 is 21.8 Å². The van der Waals surface area contributed by atoms with Crippen LogP contribution in [0.15, 0.2) is 67.0 Å². The highest BCUT2D eigenvalue weighted by Gasteiger charge is 2.23. The zero-order valence-corrected chi connectivity index (χ0v) is 19.0. The lowest BCUT2D eigenvalue weighted by atomic mass is 10.0. The van der Waals surface area contributed by atoms with E-state index in [2.05, 4.69) is 107 Å². The van der Waals surface area contributed by atoms with E-state index in [-0.39, 0.29) is 0 Å². The molecule has 0 saturated heterocycles. The maximum absolute atomic E-state index is 4.69. The van der Waals surface area contributed by atoms with Crippen LogP contribution in [0.3, 0.4) is 0 Å². The molecule has 0 unspecified atom stereocenters. The topological polar surface area (TPSA) is 26.0 Å². The third-order valence-electron chi connectivity index (χ3n) is 6.93. The number of para-hydroxylation sites is 1. The number of aryl methyl sites for hydroxylation is 2. The number of hydrogen-bond donors (Lipinski definition) is 0. The molecule has 3 aromatic heterocycles. The summed E-state index contributed by atoms with van der Waals surface area (Å²) < 4.78 is 4.66. The smallest absolute Gasteiger partial charge is 0.0718 e. The SMILES string of the molecule is Cc1cc2c3c(n(-c4ccccc4-c4ccc5c(ccn5C)c4)c2cn1)CCCN(C)C3. The predicted molar refractivity (Wildman–Crippen MR) is 132 cm³/mol. The Hall–Kier alpha value is -3.37. The van der Waals surface area contributed by atoms with E-state index in [0.717, 1.165) is 25.2 Å². The van der Waals surface area contributed by atoms with Gasteiger partial charge in [0.05, 0.1) is 17.4 Å². The highest BCUT2D eigenvalue weighted by Crippen LogP contribution is 2.37. The van der Waals surface area contributed by atoms with Crippen molar-refractivity contribution < 1.29 is 0 Å². The zero-order valence-electron chi connectivity index (χ0n) is 19.0. The molecule has 2 aromatic carbocycles. The number of hydrogen-bond acceptors (Lipinski definition) is 2. The van der Waals surface area contributed by atoms with Gasteiger partial charge in [-0.1, -0.05) is 24.3 Å². The van der Waals surface area contributed by atoms with Crippen molar-refractivity contribution in [2.45, 2.75) is 26.3 Å². The molecule has 4 heterocycles. The Bertz CT molecular complexity index is 1470. The molecule has 0 N–H and O–H groups in total. The third-order valence-corrected chi connectivity index (χ3v) is 6.93. The van der Waals surface area contributed by atoms with Crippen LogP contribution in [0.1, 0.15) is 23.4 Å². The minimum Gasteiger partial charge on any atom is -0.351 e. The molecular formula is C28H28N4. The van der Waals surface area contributed by atoms with Gasteiger partial charge in [-0.15, -0.1) is 0 Å². The van der Waals surface area contributed by atoms with Crippen molar-refractivity contribution in [3.05, 3.63) is 83.9 Å². The number of rotatable bonds is 2. The van der Waals surface area contributed by atoms with Crippen molar-refractivity contribution in [1.82, 2.24) is 19.0 Å². The Kier molecular flexibility index (Phi) is 4.44. The molecule has 0 saturated carbocycles. The first-order valence-electron chi connectivity index (χ1n) is 11.4. The van der Waals surface area contributed by atoms with Gasteiger partial charge in [-0.3, -0.25) is 4.98 Å². The van der Waals surface area contributed by atoms with Gasteiger partial charge in [0.25, 0.3) is 0 Å². The fourth-order valence-electron chi connectivity index (χ4n) is 5.35. The highest BCUT2D eigenvalue weighted by molar-refractivity contribution is 5.91. The zero-order chi connectivity index (χ0) is 21.8. The minimum absolute atomic E-state index is 0.987. The first kappa shape index (κ1) is 19.3. The van der Waals surface area contributed by atoms with Crippen LogP contribution in [0.4, 0.5) is 0 Å².